The van der Waals surface area contributed by atoms with Gasteiger partial charge in [0.25, 0.3) is 0 Å². The van der Waals surface area contributed by atoms with E-state index in [0.29, 0.717) is 5.92 Å². The largest absolute Gasteiger partial charge is 0.305 e. The fourth-order valence-corrected chi connectivity index (χ4v) is 2.50. The molecule has 0 unspecified atom stereocenters. The van der Waals surface area contributed by atoms with Gasteiger partial charge in [-0.05, 0) is 37.2 Å². The van der Waals surface area contributed by atoms with Gasteiger partial charge >= 0.3 is 0 Å². The Morgan fingerprint density at radius 1 is 1.14 bits per heavy atom. The Balaban J connectivity index is 2.06. The third-order valence-corrected chi connectivity index (χ3v) is 3.64. The molecule has 5 heteroatoms. The molecule has 5 nitrogen and oxygen atoms in total. The second-order valence-electron chi connectivity index (χ2n) is 6.17. The summed E-state index contributed by atoms with van der Waals surface area (Å²) >= 11 is 0. The third kappa shape index (κ3) is 2.85. The lowest BCUT2D eigenvalue weighted by atomic mass is 10.0. The first-order valence-electron chi connectivity index (χ1n) is 7.49. The van der Waals surface area contributed by atoms with E-state index < -0.39 is 0 Å². The Bertz CT molecular complexity index is 771. The molecule has 114 valence electrons. The summed E-state index contributed by atoms with van der Waals surface area (Å²) in [5.41, 5.74) is 5.35. The number of hydrogen-bond donors (Lipinski definition) is 0. The summed E-state index contributed by atoms with van der Waals surface area (Å²) in [6.07, 6.45) is 1.66. The van der Waals surface area contributed by atoms with E-state index in [9.17, 15) is 0 Å². The molecule has 3 aromatic rings. The molecule has 0 saturated heterocycles. The van der Waals surface area contributed by atoms with E-state index >= 15 is 0 Å². The van der Waals surface area contributed by atoms with Crippen molar-refractivity contribution in [3.8, 4) is 11.1 Å². The molecule has 22 heavy (non-hydrogen) atoms. The number of rotatable bonds is 4. The van der Waals surface area contributed by atoms with Gasteiger partial charge in [-0.1, -0.05) is 38.1 Å². The van der Waals surface area contributed by atoms with Crippen LogP contribution in [0.15, 0.2) is 36.7 Å². The van der Waals surface area contributed by atoms with Crippen LogP contribution < -0.4 is 0 Å². The highest BCUT2D eigenvalue weighted by atomic mass is 15.3. The van der Waals surface area contributed by atoms with Gasteiger partial charge in [0.1, 0.15) is 6.33 Å². The van der Waals surface area contributed by atoms with Crippen molar-refractivity contribution in [3.05, 3.63) is 47.9 Å². The molecule has 0 N–H and O–H groups in total. The summed E-state index contributed by atoms with van der Waals surface area (Å²) in [6.45, 7) is 5.22. The fourth-order valence-electron chi connectivity index (χ4n) is 2.50. The highest BCUT2D eigenvalue weighted by Gasteiger charge is 2.12. The Morgan fingerprint density at radius 2 is 1.86 bits per heavy atom. The quantitative estimate of drug-likeness (QED) is 0.742. The maximum absolute atomic E-state index is 4.56. The van der Waals surface area contributed by atoms with E-state index in [1.54, 1.807) is 10.8 Å². The van der Waals surface area contributed by atoms with E-state index in [1.807, 2.05) is 0 Å². The maximum atomic E-state index is 4.56. The highest BCUT2D eigenvalue weighted by Crippen LogP contribution is 2.26. The summed E-state index contributed by atoms with van der Waals surface area (Å²) in [5, 5.41) is 12.8. The molecule has 0 spiro atoms. The second kappa shape index (κ2) is 5.85. The first-order valence-corrected chi connectivity index (χ1v) is 7.49. The van der Waals surface area contributed by atoms with E-state index in [0.717, 1.165) is 29.0 Å². The van der Waals surface area contributed by atoms with Gasteiger partial charge in [-0.25, -0.2) is 0 Å². The van der Waals surface area contributed by atoms with E-state index in [2.05, 4.69) is 78.5 Å². The van der Waals surface area contributed by atoms with Gasteiger partial charge in [-0.3, -0.25) is 0 Å². The summed E-state index contributed by atoms with van der Waals surface area (Å²) < 4.78 is 1.76. The van der Waals surface area contributed by atoms with Crippen molar-refractivity contribution in [2.75, 3.05) is 14.1 Å². The molecule has 0 aliphatic heterocycles. The number of nitrogens with zero attached hydrogens (tertiary/aromatic N) is 5. The molecule has 2 heterocycles. The van der Waals surface area contributed by atoms with Crippen molar-refractivity contribution in [3.63, 3.8) is 0 Å². The molecule has 0 fully saturated rings. The van der Waals surface area contributed by atoms with Gasteiger partial charge in [0.2, 0.25) is 0 Å². The molecule has 0 radical (unpaired) electrons. The Morgan fingerprint density at radius 3 is 2.50 bits per heavy atom. The number of fused-ring (bicyclic) bond motifs is 1. The van der Waals surface area contributed by atoms with E-state index in [1.165, 1.54) is 5.56 Å². The summed E-state index contributed by atoms with van der Waals surface area (Å²) in [5.74, 6) is 0.360. The lowest BCUT2D eigenvalue weighted by Crippen LogP contribution is -2.10. The summed E-state index contributed by atoms with van der Waals surface area (Å²) in [6, 6.07) is 10.7. The van der Waals surface area contributed by atoms with Gasteiger partial charge < -0.3 is 4.90 Å². The predicted molar refractivity (Wildman–Crippen MR) is 87.7 cm³/mol. The zero-order chi connectivity index (χ0) is 15.7. The van der Waals surface area contributed by atoms with Gasteiger partial charge in [0, 0.05) is 12.1 Å². The summed E-state index contributed by atoms with van der Waals surface area (Å²) in [7, 11) is 4.15. The zero-order valence-corrected chi connectivity index (χ0v) is 13.5. The number of aromatic nitrogens is 4. The first kappa shape index (κ1) is 14.7. The standard InChI is InChI=1S/C17H21N5/c1-12(2)16-9-15(17-19-18-11-22(17)20-16)14-7-5-13(6-8-14)10-21(3)4/h5-9,11-12H,10H2,1-4H3. The average Bonchev–Trinajstić information content (AvgIpc) is 2.94. The lowest BCUT2D eigenvalue weighted by Gasteiger charge is -2.11. The average molecular weight is 295 g/mol. The van der Waals surface area contributed by atoms with Crippen molar-refractivity contribution in [2.45, 2.75) is 26.3 Å². The molecule has 0 aliphatic carbocycles. The Hall–Kier alpha value is -2.27. The zero-order valence-electron chi connectivity index (χ0n) is 13.5. The van der Waals surface area contributed by atoms with Crippen LogP contribution in [0.1, 0.15) is 31.0 Å². The molecular formula is C17H21N5. The van der Waals surface area contributed by atoms with Crippen molar-refractivity contribution >= 4 is 5.65 Å². The highest BCUT2D eigenvalue weighted by molar-refractivity contribution is 5.77. The van der Waals surface area contributed by atoms with Crippen molar-refractivity contribution in [2.24, 2.45) is 0 Å². The molecule has 0 aliphatic rings. The third-order valence-electron chi connectivity index (χ3n) is 3.64. The molecule has 0 amide bonds. The Kier molecular flexibility index (Phi) is 3.90. The molecular weight excluding hydrogens is 274 g/mol. The number of hydrogen-bond acceptors (Lipinski definition) is 4. The molecule has 0 bridgehead atoms. The molecule has 2 aromatic heterocycles. The van der Waals surface area contributed by atoms with Crippen LogP contribution in [-0.2, 0) is 6.54 Å². The fraction of sp³-hybridized carbons (Fsp3) is 0.353. The topological polar surface area (TPSA) is 46.3 Å². The van der Waals surface area contributed by atoms with Gasteiger partial charge in [0.15, 0.2) is 5.65 Å². The molecule has 0 saturated carbocycles. The van der Waals surface area contributed by atoms with Gasteiger partial charge in [-0.15, -0.1) is 10.2 Å². The lowest BCUT2D eigenvalue weighted by molar-refractivity contribution is 0.402. The van der Waals surface area contributed by atoms with Crippen LogP contribution >= 0.6 is 0 Å². The van der Waals surface area contributed by atoms with Crippen LogP contribution in [0.25, 0.3) is 16.8 Å². The van der Waals surface area contributed by atoms with Crippen LogP contribution in [0.2, 0.25) is 0 Å². The van der Waals surface area contributed by atoms with E-state index in [-0.39, 0.29) is 0 Å². The van der Waals surface area contributed by atoms with Crippen LogP contribution in [0.3, 0.4) is 0 Å². The molecule has 3 rings (SSSR count). The minimum absolute atomic E-state index is 0.360. The second-order valence-corrected chi connectivity index (χ2v) is 6.17. The summed E-state index contributed by atoms with van der Waals surface area (Å²) in [4.78, 5) is 2.16. The van der Waals surface area contributed by atoms with Gasteiger partial charge in [-0.2, -0.15) is 9.61 Å². The van der Waals surface area contributed by atoms with Crippen molar-refractivity contribution in [1.82, 2.24) is 24.7 Å². The predicted octanol–water partition coefficient (Wildman–Crippen LogP) is 2.98. The first-order chi connectivity index (χ1) is 10.5. The van der Waals surface area contributed by atoms with Crippen LogP contribution in [0.4, 0.5) is 0 Å². The number of benzene rings is 1. The van der Waals surface area contributed by atoms with Gasteiger partial charge in [0.05, 0.1) is 5.69 Å². The smallest absolute Gasteiger partial charge is 0.185 e. The maximum Gasteiger partial charge on any atom is 0.185 e. The molecule has 1 aromatic carbocycles. The minimum atomic E-state index is 0.360. The van der Waals surface area contributed by atoms with E-state index in [4.69, 9.17) is 0 Å². The molecule has 0 atom stereocenters. The SMILES string of the molecule is CC(C)c1cc(-c2ccc(CN(C)C)cc2)c2nncn2n1. The normalized spacial score (nSPS) is 11.7. The van der Waals surface area contributed by atoms with Crippen LogP contribution in [-0.4, -0.2) is 38.8 Å². The van der Waals surface area contributed by atoms with Crippen molar-refractivity contribution in [1.29, 1.82) is 0 Å². The van der Waals surface area contributed by atoms with Crippen LogP contribution in [0.5, 0.6) is 0 Å². The minimum Gasteiger partial charge on any atom is -0.305 e. The van der Waals surface area contributed by atoms with Crippen molar-refractivity contribution < 1.29 is 0 Å². The monoisotopic (exact) mass is 295 g/mol. The van der Waals surface area contributed by atoms with Crippen LogP contribution in [0, 0.1) is 0 Å². The Labute approximate surface area is 130 Å².